The van der Waals surface area contributed by atoms with E-state index in [0.717, 1.165) is 35.6 Å². The van der Waals surface area contributed by atoms with E-state index in [9.17, 15) is 4.79 Å². The van der Waals surface area contributed by atoms with Gasteiger partial charge in [-0.05, 0) is 54.0 Å². The Kier molecular flexibility index (Phi) is 5.21. The first-order valence-electron chi connectivity index (χ1n) is 9.43. The zero-order chi connectivity index (χ0) is 18.6. The minimum Gasteiger partial charge on any atom is -0.322 e. The summed E-state index contributed by atoms with van der Waals surface area (Å²) < 4.78 is 0. The van der Waals surface area contributed by atoms with Crippen molar-refractivity contribution in [2.45, 2.75) is 26.2 Å². The molecule has 2 aromatic carbocycles. The maximum absolute atomic E-state index is 12.7. The predicted molar refractivity (Wildman–Crippen MR) is 115 cm³/mol. The number of nitrogens with one attached hydrogen (secondary N) is 1. The van der Waals surface area contributed by atoms with Gasteiger partial charge in [0, 0.05) is 15.9 Å². The SMILES string of the molecule is CC1CCc2c(C(=O)Nc3ccc(C=Cc4ccccc4)cc3)csc2C1. The third kappa shape index (κ3) is 4.20. The van der Waals surface area contributed by atoms with E-state index >= 15 is 0 Å². The Labute approximate surface area is 164 Å². The molecule has 136 valence electrons. The maximum atomic E-state index is 12.7. The summed E-state index contributed by atoms with van der Waals surface area (Å²) in [5, 5.41) is 5.07. The molecule has 1 N–H and O–H groups in total. The molecule has 27 heavy (non-hydrogen) atoms. The van der Waals surface area contributed by atoms with E-state index in [-0.39, 0.29) is 5.91 Å². The van der Waals surface area contributed by atoms with Gasteiger partial charge in [-0.2, -0.15) is 0 Å². The number of amides is 1. The monoisotopic (exact) mass is 373 g/mol. The van der Waals surface area contributed by atoms with Crippen LogP contribution in [0.3, 0.4) is 0 Å². The van der Waals surface area contributed by atoms with Gasteiger partial charge in [0.1, 0.15) is 0 Å². The number of benzene rings is 2. The molecule has 1 heterocycles. The molecule has 3 heteroatoms. The summed E-state index contributed by atoms with van der Waals surface area (Å²) in [6.45, 7) is 2.29. The Balaban J connectivity index is 1.43. The molecular weight excluding hydrogens is 350 g/mol. The van der Waals surface area contributed by atoms with Crippen LogP contribution in [0, 0.1) is 5.92 Å². The first kappa shape index (κ1) is 17.7. The van der Waals surface area contributed by atoms with Gasteiger partial charge in [0.2, 0.25) is 0 Å². The van der Waals surface area contributed by atoms with E-state index in [1.54, 1.807) is 11.3 Å². The van der Waals surface area contributed by atoms with Gasteiger partial charge in [-0.15, -0.1) is 11.3 Å². The molecule has 0 saturated heterocycles. The van der Waals surface area contributed by atoms with Crippen molar-refractivity contribution in [3.63, 3.8) is 0 Å². The number of rotatable bonds is 4. The molecule has 0 aliphatic heterocycles. The number of hydrogen-bond donors (Lipinski definition) is 1. The van der Waals surface area contributed by atoms with Gasteiger partial charge < -0.3 is 5.32 Å². The highest BCUT2D eigenvalue weighted by molar-refractivity contribution is 7.10. The fourth-order valence-electron chi connectivity index (χ4n) is 3.50. The van der Waals surface area contributed by atoms with Crippen molar-refractivity contribution >= 4 is 35.1 Å². The largest absolute Gasteiger partial charge is 0.322 e. The number of carbonyl (C=O) groups is 1. The predicted octanol–water partition coefficient (Wildman–Crippen LogP) is 6.30. The number of hydrogen-bond acceptors (Lipinski definition) is 2. The van der Waals surface area contributed by atoms with Crippen molar-refractivity contribution in [1.29, 1.82) is 0 Å². The first-order valence-corrected chi connectivity index (χ1v) is 10.3. The Morgan fingerprint density at radius 2 is 1.74 bits per heavy atom. The molecule has 1 unspecified atom stereocenters. The number of carbonyl (C=O) groups excluding carboxylic acids is 1. The number of thiophene rings is 1. The molecule has 0 bridgehead atoms. The zero-order valence-corrected chi connectivity index (χ0v) is 16.3. The lowest BCUT2D eigenvalue weighted by Gasteiger charge is -2.18. The molecule has 1 amide bonds. The van der Waals surface area contributed by atoms with E-state index in [1.165, 1.54) is 22.4 Å². The van der Waals surface area contributed by atoms with Crippen LogP contribution in [0.4, 0.5) is 5.69 Å². The Bertz CT molecular complexity index is 954. The Hall–Kier alpha value is -2.65. The van der Waals surface area contributed by atoms with Gasteiger partial charge in [0.25, 0.3) is 5.91 Å². The molecule has 0 spiro atoms. The van der Waals surface area contributed by atoms with E-state index in [4.69, 9.17) is 0 Å². The second kappa shape index (κ2) is 7.93. The molecule has 3 aromatic rings. The molecule has 2 nitrogen and oxygen atoms in total. The summed E-state index contributed by atoms with van der Waals surface area (Å²) in [5.41, 5.74) is 5.24. The normalized spacial score (nSPS) is 16.3. The van der Waals surface area contributed by atoms with Crippen LogP contribution >= 0.6 is 11.3 Å². The topological polar surface area (TPSA) is 29.1 Å². The van der Waals surface area contributed by atoms with E-state index in [2.05, 4.69) is 36.5 Å². The molecule has 1 aliphatic carbocycles. The van der Waals surface area contributed by atoms with Crippen molar-refractivity contribution in [2.75, 3.05) is 5.32 Å². The van der Waals surface area contributed by atoms with Gasteiger partial charge in [-0.1, -0.05) is 61.5 Å². The summed E-state index contributed by atoms with van der Waals surface area (Å²) in [4.78, 5) is 14.1. The second-order valence-corrected chi connectivity index (χ2v) is 8.18. The van der Waals surface area contributed by atoms with Crippen LogP contribution in [0.5, 0.6) is 0 Å². The van der Waals surface area contributed by atoms with E-state index in [1.807, 2.05) is 47.8 Å². The summed E-state index contributed by atoms with van der Waals surface area (Å²) in [5.74, 6) is 0.734. The summed E-state index contributed by atoms with van der Waals surface area (Å²) in [7, 11) is 0. The van der Waals surface area contributed by atoms with E-state index in [0.29, 0.717) is 0 Å². The molecule has 4 rings (SSSR count). The van der Waals surface area contributed by atoms with Crippen molar-refractivity contribution in [3.8, 4) is 0 Å². The van der Waals surface area contributed by atoms with Gasteiger partial charge in [-0.25, -0.2) is 0 Å². The fourth-order valence-corrected chi connectivity index (χ4v) is 4.74. The van der Waals surface area contributed by atoms with Crippen LogP contribution in [0.25, 0.3) is 12.2 Å². The van der Waals surface area contributed by atoms with Gasteiger partial charge >= 0.3 is 0 Å². The van der Waals surface area contributed by atoms with Crippen LogP contribution in [-0.2, 0) is 12.8 Å². The van der Waals surface area contributed by atoms with Crippen LogP contribution in [0.1, 0.15) is 45.3 Å². The number of anilines is 1. The van der Waals surface area contributed by atoms with Crippen molar-refractivity contribution < 1.29 is 4.79 Å². The highest BCUT2D eigenvalue weighted by Gasteiger charge is 2.23. The molecule has 1 atom stereocenters. The summed E-state index contributed by atoms with van der Waals surface area (Å²) in [6, 6.07) is 18.2. The van der Waals surface area contributed by atoms with Crippen molar-refractivity contribution in [2.24, 2.45) is 5.92 Å². The molecule has 0 radical (unpaired) electrons. The average molecular weight is 374 g/mol. The molecule has 0 fully saturated rings. The highest BCUT2D eigenvalue weighted by atomic mass is 32.1. The zero-order valence-electron chi connectivity index (χ0n) is 15.4. The van der Waals surface area contributed by atoms with Crippen molar-refractivity contribution in [3.05, 3.63) is 87.1 Å². The lowest BCUT2D eigenvalue weighted by Crippen LogP contribution is -2.16. The lowest BCUT2D eigenvalue weighted by molar-refractivity contribution is 0.102. The minimum absolute atomic E-state index is 0.00892. The minimum atomic E-state index is 0.00892. The lowest BCUT2D eigenvalue weighted by atomic mass is 9.88. The molecular formula is C24H23NOS. The first-order chi connectivity index (χ1) is 13.2. The Morgan fingerprint density at radius 1 is 1.04 bits per heavy atom. The summed E-state index contributed by atoms with van der Waals surface area (Å²) >= 11 is 1.73. The van der Waals surface area contributed by atoms with Gasteiger partial charge in [0.15, 0.2) is 0 Å². The average Bonchev–Trinajstić information content (AvgIpc) is 3.11. The molecule has 1 aliphatic rings. The number of fused-ring (bicyclic) bond motifs is 1. The third-order valence-electron chi connectivity index (χ3n) is 5.08. The van der Waals surface area contributed by atoms with Crippen LogP contribution < -0.4 is 5.32 Å². The van der Waals surface area contributed by atoms with Crippen LogP contribution in [0.2, 0.25) is 0 Å². The van der Waals surface area contributed by atoms with Crippen molar-refractivity contribution in [1.82, 2.24) is 0 Å². The van der Waals surface area contributed by atoms with Gasteiger partial charge in [-0.3, -0.25) is 4.79 Å². The second-order valence-electron chi connectivity index (χ2n) is 7.22. The smallest absolute Gasteiger partial charge is 0.256 e. The van der Waals surface area contributed by atoms with E-state index < -0.39 is 0 Å². The summed E-state index contributed by atoms with van der Waals surface area (Å²) in [6.07, 6.45) is 7.47. The quantitative estimate of drug-likeness (QED) is 0.535. The maximum Gasteiger partial charge on any atom is 0.256 e. The van der Waals surface area contributed by atoms with Crippen LogP contribution in [-0.4, -0.2) is 5.91 Å². The molecule has 1 aromatic heterocycles. The Morgan fingerprint density at radius 3 is 2.48 bits per heavy atom. The highest BCUT2D eigenvalue weighted by Crippen LogP contribution is 2.33. The standard InChI is InChI=1S/C24H23NOS/c1-17-7-14-21-22(16-27-23(21)15-17)24(26)25-20-12-10-19(11-13-20)9-8-18-5-3-2-4-6-18/h2-6,8-13,16-17H,7,14-15H2,1H3,(H,25,26). The fraction of sp³-hybridized carbons (Fsp3) is 0.208. The van der Waals surface area contributed by atoms with Crippen LogP contribution in [0.15, 0.2) is 60.0 Å². The van der Waals surface area contributed by atoms with Gasteiger partial charge in [0.05, 0.1) is 5.56 Å². The third-order valence-corrected chi connectivity index (χ3v) is 6.13. The molecule has 0 saturated carbocycles.